The van der Waals surface area contributed by atoms with Crippen LogP contribution in [0.5, 0.6) is 0 Å². The third-order valence-corrected chi connectivity index (χ3v) is 8.79. The summed E-state index contributed by atoms with van der Waals surface area (Å²) in [5.41, 5.74) is 0.941. The van der Waals surface area contributed by atoms with Gasteiger partial charge in [-0.3, -0.25) is 4.79 Å². The van der Waals surface area contributed by atoms with Crippen molar-refractivity contribution in [2.75, 3.05) is 39.8 Å². The fourth-order valence-corrected chi connectivity index (χ4v) is 5.75. The van der Waals surface area contributed by atoms with Gasteiger partial charge in [0.05, 0.1) is 16.3 Å². The van der Waals surface area contributed by atoms with Gasteiger partial charge in [0.25, 0.3) is 0 Å². The molecule has 2 aromatic rings. The Morgan fingerprint density at radius 1 is 0.867 bits per heavy atom. The highest BCUT2D eigenvalue weighted by atomic mass is 32.2. The zero-order valence-electron chi connectivity index (χ0n) is 16.9. The molecule has 0 spiro atoms. The third-order valence-electron chi connectivity index (χ3n) is 5.06. The molecule has 0 aliphatic carbocycles. The summed E-state index contributed by atoms with van der Waals surface area (Å²) in [7, 11) is -6.02. The summed E-state index contributed by atoms with van der Waals surface area (Å²) in [6.07, 6.45) is 0. The number of carbonyl (C=O) groups is 1. The summed E-state index contributed by atoms with van der Waals surface area (Å²) in [6.45, 7) is 2.31. The van der Waals surface area contributed by atoms with Gasteiger partial charge in [-0.2, -0.15) is 8.61 Å². The first kappa shape index (κ1) is 22.4. The van der Waals surface area contributed by atoms with Crippen LogP contribution < -0.4 is 0 Å². The number of nitrogens with zero attached hydrogens (tertiary/aromatic N) is 3. The maximum atomic E-state index is 12.7. The second-order valence-electron chi connectivity index (χ2n) is 7.17. The second kappa shape index (κ2) is 8.84. The molecular weight excluding hydrogens is 426 g/mol. The number of amides is 1. The van der Waals surface area contributed by atoms with Crippen molar-refractivity contribution in [2.45, 2.75) is 16.7 Å². The molecule has 0 aromatic heterocycles. The van der Waals surface area contributed by atoms with Gasteiger partial charge in [-0.15, -0.1) is 0 Å². The molecule has 0 saturated carbocycles. The van der Waals surface area contributed by atoms with E-state index in [-0.39, 0.29) is 48.4 Å². The molecule has 0 bridgehead atoms. The molecule has 2 aromatic carbocycles. The van der Waals surface area contributed by atoms with Gasteiger partial charge in [0.1, 0.15) is 0 Å². The van der Waals surface area contributed by atoms with Crippen LogP contribution in [0.15, 0.2) is 64.4 Å². The molecule has 0 unspecified atom stereocenters. The number of likely N-dealkylation sites (N-methyl/N-ethyl adjacent to an activating group) is 1. The van der Waals surface area contributed by atoms with Crippen molar-refractivity contribution in [3.63, 3.8) is 0 Å². The fraction of sp³-hybridized carbons (Fsp3) is 0.350. The Balaban J connectivity index is 1.61. The first-order valence-electron chi connectivity index (χ1n) is 9.48. The van der Waals surface area contributed by atoms with Gasteiger partial charge >= 0.3 is 0 Å². The molecule has 1 aliphatic heterocycles. The fourth-order valence-electron chi connectivity index (χ4n) is 3.19. The van der Waals surface area contributed by atoms with E-state index in [1.807, 2.05) is 6.92 Å². The third kappa shape index (κ3) is 4.72. The van der Waals surface area contributed by atoms with E-state index in [0.717, 1.165) is 9.87 Å². The van der Waals surface area contributed by atoms with Crippen LogP contribution in [0.3, 0.4) is 0 Å². The lowest BCUT2D eigenvalue weighted by molar-refractivity contribution is -0.132. The van der Waals surface area contributed by atoms with Crippen molar-refractivity contribution in [3.05, 3.63) is 60.2 Å². The molecule has 8 nitrogen and oxygen atoms in total. The molecule has 0 radical (unpaired) electrons. The number of carbonyl (C=O) groups excluding carboxylic acids is 1. The highest BCUT2D eigenvalue weighted by Gasteiger charge is 2.31. The van der Waals surface area contributed by atoms with Gasteiger partial charge in [-0.25, -0.2) is 16.8 Å². The van der Waals surface area contributed by atoms with E-state index >= 15 is 0 Å². The van der Waals surface area contributed by atoms with Crippen LogP contribution in [0.2, 0.25) is 0 Å². The van der Waals surface area contributed by atoms with Gasteiger partial charge in [-0.05, 0) is 31.2 Å². The zero-order valence-corrected chi connectivity index (χ0v) is 18.6. The van der Waals surface area contributed by atoms with E-state index in [2.05, 4.69) is 0 Å². The van der Waals surface area contributed by atoms with Crippen molar-refractivity contribution in [1.29, 1.82) is 0 Å². The summed E-state index contributed by atoms with van der Waals surface area (Å²) >= 11 is 0. The maximum absolute atomic E-state index is 12.7. The summed E-state index contributed by atoms with van der Waals surface area (Å²) in [5.74, 6) is -0.357. The molecule has 1 heterocycles. The Morgan fingerprint density at radius 2 is 1.43 bits per heavy atom. The Bertz CT molecular complexity index is 1090. The van der Waals surface area contributed by atoms with Crippen LogP contribution in [-0.2, 0) is 24.8 Å². The lowest BCUT2D eigenvalue weighted by Crippen LogP contribution is -2.52. The van der Waals surface area contributed by atoms with Crippen molar-refractivity contribution in [3.8, 4) is 0 Å². The van der Waals surface area contributed by atoms with E-state index in [1.54, 1.807) is 30.3 Å². The lowest BCUT2D eigenvalue weighted by atomic mass is 10.2. The smallest absolute Gasteiger partial charge is 0.243 e. The van der Waals surface area contributed by atoms with Gasteiger partial charge in [-0.1, -0.05) is 35.9 Å². The molecular formula is C20H25N3O5S2. The van der Waals surface area contributed by atoms with Crippen molar-refractivity contribution < 1.29 is 21.6 Å². The summed E-state index contributed by atoms with van der Waals surface area (Å²) in [4.78, 5) is 14.5. The van der Waals surface area contributed by atoms with E-state index in [9.17, 15) is 21.6 Å². The van der Waals surface area contributed by atoms with Gasteiger partial charge < -0.3 is 4.90 Å². The molecule has 1 fully saturated rings. The first-order chi connectivity index (χ1) is 14.1. The van der Waals surface area contributed by atoms with Crippen molar-refractivity contribution in [2.24, 2.45) is 0 Å². The average Bonchev–Trinajstić information content (AvgIpc) is 2.74. The quantitative estimate of drug-likeness (QED) is 0.657. The summed E-state index contributed by atoms with van der Waals surface area (Å²) in [6, 6.07) is 14.6. The van der Waals surface area contributed by atoms with E-state index < -0.39 is 20.0 Å². The van der Waals surface area contributed by atoms with Crippen molar-refractivity contribution in [1.82, 2.24) is 13.5 Å². The minimum Gasteiger partial charge on any atom is -0.339 e. The Hall–Kier alpha value is -2.27. The first-order valence-corrected chi connectivity index (χ1v) is 12.4. The van der Waals surface area contributed by atoms with E-state index in [1.165, 1.54) is 40.5 Å². The molecule has 1 saturated heterocycles. The van der Waals surface area contributed by atoms with Crippen LogP contribution >= 0.6 is 0 Å². The molecule has 3 rings (SSSR count). The molecule has 162 valence electrons. The number of piperazine rings is 1. The monoisotopic (exact) mass is 451 g/mol. The van der Waals surface area contributed by atoms with Crippen molar-refractivity contribution >= 4 is 26.0 Å². The van der Waals surface area contributed by atoms with Gasteiger partial charge in [0.15, 0.2) is 0 Å². The molecule has 30 heavy (non-hydrogen) atoms. The minimum absolute atomic E-state index is 0.127. The summed E-state index contributed by atoms with van der Waals surface area (Å²) in [5, 5.41) is 0. The molecule has 1 amide bonds. The SMILES string of the molecule is Cc1ccc(S(=O)(=O)N(C)CC(=O)N2CCN(S(=O)(=O)c3ccccc3)CC2)cc1. The summed E-state index contributed by atoms with van der Waals surface area (Å²) < 4.78 is 53.1. The largest absolute Gasteiger partial charge is 0.339 e. The number of sulfonamides is 2. The number of aryl methyl sites for hydroxylation is 1. The van der Waals surface area contributed by atoms with Crippen LogP contribution in [0.25, 0.3) is 0 Å². The second-order valence-corrected chi connectivity index (χ2v) is 11.2. The number of hydrogen-bond donors (Lipinski definition) is 0. The van der Waals surface area contributed by atoms with Crippen LogP contribution in [0.4, 0.5) is 0 Å². The molecule has 0 N–H and O–H groups in total. The standard InChI is InChI=1S/C20H25N3O5S2/c1-17-8-10-19(11-9-17)29(25,26)21(2)16-20(24)22-12-14-23(15-13-22)30(27,28)18-6-4-3-5-7-18/h3-11H,12-16H2,1-2H3. The number of hydrogen-bond acceptors (Lipinski definition) is 5. The van der Waals surface area contributed by atoms with Gasteiger partial charge in [0, 0.05) is 33.2 Å². The van der Waals surface area contributed by atoms with Crippen LogP contribution in [0, 0.1) is 6.92 Å². The predicted molar refractivity (Wildman–Crippen MR) is 113 cm³/mol. The maximum Gasteiger partial charge on any atom is 0.243 e. The molecule has 1 aliphatic rings. The Kier molecular flexibility index (Phi) is 6.61. The minimum atomic E-state index is -3.78. The van der Waals surface area contributed by atoms with E-state index in [0.29, 0.717) is 0 Å². The normalized spacial score (nSPS) is 16.0. The molecule has 10 heteroatoms. The predicted octanol–water partition coefficient (Wildman–Crippen LogP) is 1.15. The molecule has 0 atom stereocenters. The Labute approximate surface area is 177 Å². The number of rotatable bonds is 6. The lowest BCUT2D eigenvalue weighted by Gasteiger charge is -2.34. The number of benzene rings is 2. The van der Waals surface area contributed by atoms with E-state index in [4.69, 9.17) is 0 Å². The average molecular weight is 452 g/mol. The van der Waals surface area contributed by atoms with Crippen LogP contribution in [0.1, 0.15) is 5.56 Å². The highest BCUT2D eigenvalue weighted by Crippen LogP contribution is 2.18. The van der Waals surface area contributed by atoms with Crippen LogP contribution in [-0.4, -0.2) is 76.0 Å². The van der Waals surface area contributed by atoms with Gasteiger partial charge in [0.2, 0.25) is 26.0 Å². The Morgan fingerprint density at radius 3 is 2.00 bits per heavy atom. The zero-order chi connectivity index (χ0) is 21.9. The topological polar surface area (TPSA) is 95.1 Å². The highest BCUT2D eigenvalue weighted by molar-refractivity contribution is 7.89.